The molecule has 1 fully saturated rings. The van der Waals surface area contributed by atoms with E-state index < -0.39 is 5.41 Å². The van der Waals surface area contributed by atoms with Crippen molar-refractivity contribution in [1.82, 2.24) is 4.90 Å². The number of nitrogens with zero attached hydrogens (tertiary/aromatic N) is 1. The molecule has 1 amide bonds. The summed E-state index contributed by atoms with van der Waals surface area (Å²) in [4.78, 5) is 24.6. The molecule has 0 spiro atoms. The van der Waals surface area contributed by atoms with Gasteiger partial charge in [0.1, 0.15) is 0 Å². The van der Waals surface area contributed by atoms with Crippen LogP contribution in [0.5, 0.6) is 0 Å². The van der Waals surface area contributed by atoms with Crippen molar-refractivity contribution in [1.29, 1.82) is 0 Å². The largest absolute Gasteiger partial charge is 0.469 e. The molecule has 1 aliphatic rings. The van der Waals surface area contributed by atoms with Crippen LogP contribution in [-0.2, 0) is 14.3 Å². The van der Waals surface area contributed by atoms with Gasteiger partial charge in [0.05, 0.1) is 18.4 Å². The molecule has 2 atom stereocenters. The summed E-state index contributed by atoms with van der Waals surface area (Å²) in [6.45, 7) is 5.75. The molecule has 5 nitrogen and oxygen atoms in total. The molecule has 92 valence electrons. The van der Waals surface area contributed by atoms with Crippen LogP contribution in [0.4, 0.5) is 0 Å². The van der Waals surface area contributed by atoms with Gasteiger partial charge in [-0.05, 0) is 19.9 Å². The molecule has 5 heteroatoms. The van der Waals surface area contributed by atoms with E-state index in [-0.39, 0.29) is 17.8 Å². The number of hydrogen-bond donors (Lipinski definition) is 1. The van der Waals surface area contributed by atoms with E-state index in [0.29, 0.717) is 13.1 Å². The molecular weight excluding hydrogens is 208 g/mol. The van der Waals surface area contributed by atoms with Crippen LogP contribution in [0.15, 0.2) is 0 Å². The van der Waals surface area contributed by atoms with E-state index in [2.05, 4.69) is 9.64 Å². The molecule has 0 radical (unpaired) electrons. The molecule has 0 saturated carbocycles. The lowest BCUT2D eigenvalue weighted by molar-refractivity contribution is -0.145. The van der Waals surface area contributed by atoms with E-state index in [9.17, 15) is 9.59 Å². The van der Waals surface area contributed by atoms with E-state index in [1.165, 1.54) is 7.11 Å². The highest BCUT2D eigenvalue weighted by molar-refractivity contribution is 5.81. The van der Waals surface area contributed by atoms with E-state index in [1.54, 1.807) is 0 Å². The van der Waals surface area contributed by atoms with Gasteiger partial charge in [-0.15, -0.1) is 0 Å². The number of primary amides is 1. The van der Waals surface area contributed by atoms with Crippen LogP contribution in [0.2, 0.25) is 0 Å². The first kappa shape index (κ1) is 13.0. The van der Waals surface area contributed by atoms with Crippen molar-refractivity contribution in [2.24, 2.45) is 17.1 Å². The van der Waals surface area contributed by atoms with Crippen molar-refractivity contribution >= 4 is 11.9 Å². The number of carbonyl (C=O) groups excluding carboxylic acids is 2. The lowest BCUT2D eigenvalue weighted by Crippen LogP contribution is -2.38. The zero-order valence-corrected chi connectivity index (χ0v) is 10.2. The monoisotopic (exact) mass is 228 g/mol. The Morgan fingerprint density at radius 2 is 2.19 bits per heavy atom. The summed E-state index contributed by atoms with van der Waals surface area (Å²) in [5.74, 6) is -0.645. The van der Waals surface area contributed by atoms with Gasteiger partial charge in [0.25, 0.3) is 0 Å². The number of esters is 1. The molecule has 0 aromatic rings. The molecule has 1 heterocycles. The van der Waals surface area contributed by atoms with Crippen molar-refractivity contribution in [3.8, 4) is 0 Å². The Labute approximate surface area is 95.9 Å². The van der Waals surface area contributed by atoms with Crippen molar-refractivity contribution in [2.75, 3.05) is 26.7 Å². The third-order valence-electron chi connectivity index (χ3n) is 3.28. The maximum atomic E-state index is 11.3. The first-order chi connectivity index (χ1) is 7.39. The second-order valence-corrected chi connectivity index (χ2v) is 4.83. The summed E-state index contributed by atoms with van der Waals surface area (Å²) in [5, 5.41) is 0. The fraction of sp³-hybridized carbons (Fsp3) is 0.818. The standard InChI is InChI=1S/C11H20N2O3/c1-8(9(14)16-3)6-13-5-4-11(2,7-13)10(12)15/h8H,4-7H2,1-3H3,(H2,12,15). The summed E-state index contributed by atoms with van der Waals surface area (Å²) >= 11 is 0. The first-order valence-corrected chi connectivity index (χ1v) is 5.49. The van der Waals surface area contributed by atoms with Crippen molar-refractivity contribution in [3.63, 3.8) is 0 Å². The number of rotatable bonds is 4. The lowest BCUT2D eigenvalue weighted by atomic mass is 9.89. The Kier molecular flexibility index (Phi) is 3.91. The number of amides is 1. The normalized spacial score (nSPS) is 27.7. The molecular formula is C11H20N2O3. The van der Waals surface area contributed by atoms with Crippen molar-refractivity contribution in [2.45, 2.75) is 20.3 Å². The Morgan fingerprint density at radius 3 is 2.62 bits per heavy atom. The van der Waals surface area contributed by atoms with E-state index in [1.807, 2.05) is 13.8 Å². The van der Waals surface area contributed by atoms with Crippen molar-refractivity contribution < 1.29 is 14.3 Å². The van der Waals surface area contributed by atoms with E-state index in [4.69, 9.17) is 5.73 Å². The van der Waals surface area contributed by atoms with Gasteiger partial charge < -0.3 is 15.4 Å². The van der Waals surface area contributed by atoms with Crippen LogP contribution >= 0.6 is 0 Å². The summed E-state index contributed by atoms with van der Waals surface area (Å²) < 4.78 is 4.66. The average Bonchev–Trinajstić information content (AvgIpc) is 2.60. The Balaban J connectivity index is 2.48. The van der Waals surface area contributed by atoms with Gasteiger partial charge >= 0.3 is 5.97 Å². The fourth-order valence-corrected chi connectivity index (χ4v) is 2.08. The van der Waals surface area contributed by atoms with Crippen molar-refractivity contribution in [3.05, 3.63) is 0 Å². The topological polar surface area (TPSA) is 72.6 Å². The predicted octanol–water partition coefficient (Wildman–Crippen LogP) is -0.00720. The fourth-order valence-electron chi connectivity index (χ4n) is 2.08. The molecule has 1 saturated heterocycles. The highest BCUT2D eigenvalue weighted by Gasteiger charge is 2.39. The third-order valence-corrected chi connectivity index (χ3v) is 3.28. The minimum Gasteiger partial charge on any atom is -0.469 e. The van der Waals surface area contributed by atoms with E-state index in [0.717, 1.165) is 13.0 Å². The summed E-state index contributed by atoms with van der Waals surface area (Å²) in [6, 6.07) is 0. The molecule has 0 aromatic carbocycles. The molecule has 1 aliphatic heterocycles. The van der Waals surface area contributed by atoms with Gasteiger partial charge in [0, 0.05) is 13.1 Å². The second kappa shape index (κ2) is 4.82. The average molecular weight is 228 g/mol. The van der Waals surface area contributed by atoms with Crippen LogP contribution in [0.25, 0.3) is 0 Å². The molecule has 0 bridgehead atoms. The number of likely N-dealkylation sites (tertiary alicyclic amines) is 1. The highest BCUT2D eigenvalue weighted by atomic mass is 16.5. The lowest BCUT2D eigenvalue weighted by Gasteiger charge is -2.22. The predicted molar refractivity (Wildman–Crippen MR) is 59.5 cm³/mol. The Morgan fingerprint density at radius 1 is 1.56 bits per heavy atom. The second-order valence-electron chi connectivity index (χ2n) is 4.83. The van der Waals surface area contributed by atoms with Gasteiger partial charge in [-0.3, -0.25) is 9.59 Å². The van der Waals surface area contributed by atoms with Crippen LogP contribution < -0.4 is 5.73 Å². The third kappa shape index (κ3) is 2.72. The minimum absolute atomic E-state index is 0.166. The van der Waals surface area contributed by atoms with Gasteiger partial charge in [-0.2, -0.15) is 0 Å². The summed E-state index contributed by atoms with van der Waals surface area (Å²) in [5.41, 5.74) is 4.91. The Hall–Kier alpha value is -1.10. The molecule has 0 aromatic heterocycles. The van der Waals surface area contributed by atoms with E-state index >= 15 is 0 Å². The van der Waals surface area contributed by atoms with Crippen LogP contribution in [0.1, 0.15) is 20.3 Å². The van der Waals surface area contributed by atoms with Gasteiger partial charge in [-0.1, -0.05) is 6.92 Å². The molecule has 2 N–H and O–H groups in total. The number of hydrogen-bond acceptors (Lipinski definition) is 4. The van der Waals surface area contributed by atoms with Gasteiger partial charge in [0.2, 0.25) is 5.91 Å². The molecule has 1 rings (SSSR count). The zero-order chi connectivity index (χ0) is 12.3. The maximum absolute atomic E-state index is 11.3. The SMILES string of the molecule is COC(=O)C(C)CN1CCC(C)(C(N)=O)C1. The quantitative estimate of drug-likeness (QED) is 0.687. The maximum Gasteiger partial charge on any atom is 0.309 e. The van der Waals surface area contributed by atoms with Crippen LogP contribution in [0.3, 0.4) is 0 Å². The zero-order valence-electron chi connectivity index (χ0n) is 10.2. The first-order valence-electron chi connectivity index (χ1n) is 5.49. The number of nitrogens with two attached hydrogens (primary N) is 1. The Bertz CT molecular complexity index is 293. The summed E-state index contributed by atoms with van der Waals surface area (Å²) in [7, 11) is 1.39. The molecule has 0 aliphatic carbocycles. The molecule has 16 heavy (non-hydrogen) atoms. The smallest absolute Gasteiger partial charge is 0.309 e. The van der Waals surface area contributed by atoms with Crippen LogP contribution in [0, 0.1) is 11.3 Å². The van der Waals surface area contributed by atoms with Crippen LogP contribution in [-0.4, -0.2) is 43.5 Å². The van der Waals surface area contributed by atoms with Gasteiger partial charge in [-0.25, -0.2) is 0 Å². The number of methoxy groups -OCH3 is 1. The highest BCUT2D eigenvalue weighted by Crippen LogP contribution is 2.29. The summed E-state index contributed by atoms with van der Waals surface area (Å²) in [6.07, 6.45) is 0.760. The minimum atomic E-state index is -0.449. The molecule has 2 unspecified atom stereocenters. The number of ether oxygens (including phenoxy) is 1. The number of carbonyl (C=O) groups is 2. The van der Waals surface area contributed by atoms with Gasteiger partial charge in [0.15, 0.2) is 0 Å².